The Labute approximate surface area is 117 Å². The molecule has 0 spiro atoms. The molecule has 1 aromatic heterocycles. The second-order valence-electron chi connectivity index (χ2n) is 6.52. The monoisotopic (exact) mass is 264 g/mol. The van der Waals surface area contributed by atoms with Gasteiger partial charge < -0.3 is 9.73 Å². The van der Waals surface area contributed by atoms with Gasteiger partial charge in [0.15, 0.2) is 0 Å². The zero-order chi connectivity index (χ0) is 13.7. The summed E-state index contributed by atoms with van der Waals surface area (Å²) in [6, 6.07) is 2.13. The topological polar surface area (TPSA) is 28.4 Å². The van der Waals surface area contributed by atoms with E-state index in [4.69, 9.17) is 4.42 Å². The Bertz CT molecular complexity index is 384. The van der Waals surface area contributed by atoms with E-state index in [0.717, 1.165) is 31.8 Å². The summed E-state index contributed by atoms with van der Waals surface area (Å²) in [4.78, 5) is 2.57. The van der Waals surface area contributed by atoms with E-state index >= 15 is 0 Å². The lowest BCUT2D eigenvalue weighted by Gasteiger charge is -2.38. The van der Waals surface area contributed by atoms with Crippen molar-refractivity contribution in [3.05, 3.63) is 23.7 Å². The van der Waals surface area contributed by atoms with Crippen molar-refractivity contribution >= 4 is 0 Å². The predicted octanol–water partition coefficient (Wildman–Crippen LogP) is 3.40. The Kier molecular flexibility index (Phi) is 5.06. The maximum Gasteiger partial charge on any atom is 0.122 e. The fraction of sp³-hybridized carbons (Fsp3) is 0.750. The van der Waals surface area contributed by atoms with E-state index in [9.17, 15) is 0 Å². The first kappa shape index (κ1) is 14.6. The summed E-state index contributed by atoms with van der Waals surface area (Å²) in [5.41, 5.74) is 1.81. The summed E-state index contributed by atoms with van der Waals surface area (Å²) in [5.74, 6) is 1.11. The molecular weight excluding hydrogens is 236 g/mol. The van der Waals surface area contributed by atoms with Crippen molar-refractivity contribution in [3.8, 4) is 0 Å². The van der Waals surface area contributed by atoms with E-state index in [0.29, 0.717) is 5.41 Å². The van der Waals surface area contributed by atoms with Gasteiger partial charge >= 0.3 is 0 Å². The largest absolute Gasteiger partial charge is 0.468 e. The fourth-order valence-corrected chi connectivity index (χ4v) is 2.96. The van der Waals surface area contributed by atoms with Crippen LogP contribution in [0.25, 0.3) is 0 Å². The summed E-state index contributed by atoms with van der Waals surface area (Å²) in [6.07, 6.45) is 5.65. The van der Waals surface area contributed by atoms with Crippen LogP contribution in [0.15, 0.2) is 16.7 Å². The van der Waals surface area contributed by atoms with E-state index < -0.39 is 0 Å². The molecule has 108 valence electrons. The number of hydrogen-bond donors (Lipinski definition) is 1. The average Bonchev–Trinajstić information content (AvgIpc) is 2.76. The highest BCUT2D eigenvalue weighted by atomic mass is 16.3. The van der Waals surface area contributed by atoms with Crippen LogP contribution in [0.4, 0.5) is 0 Å². The van der Waals surface area contributed by atoms with Gasteiger partial charge in [0, 0.05) is 18.7 Å². The summed E-state index contributed by atoms with van der Waals surface area (Å²) >= 11 is 0. The molecule has 0 aliphatic carbocycles. The number of nitrogens with one attached hydrogen (secondary N) is 1. The highest BCUT2D eigenvalue weighted by Crippen LogP contribution is 2.29. The van der Waals surface area contributed by atoms with Crippen molar-refractivity contribution in [1.29, 1.82) is 0 Å². The van der Waals surface area contributed by atoms with Crippen molar-refractivity contribution in [1.82, 2.24) is 10.2 Å². The SMILES string of the molecule is CCCNCc1occc1CN1CCCC(C)(C)C1. The quantitative estimate of drug-likeness (QED) is 0.798. The molecule has 19 heavy (non-hydrogen) atoms. The first-order chi connectivity index (χ1) is 9.11. The Hall–Kier alpha value is -0.800. The third-order valence-electron chi connectivity index (χ3n) is 3.92. The van der Waals surface area contributed by atoms with E-state index in [1.807, 2.05) is 6.26 Å². The lowest BCUT2D eigenvalue weighted by Crippen LogP contribution is -2.39. The van der Waals surface area contributed by atoms with E-state index in [-0.39, 0.29) is 0 Å². The van der Waals surface area contributed by atoms with Crippen molar-refractivity contribution < 1.29 is 4.42 Å². The summed E-state index contributed by atoms with van der Waals surface area (Å²) in [5, 5.41) is 3.42. The molecule has 0 radical (unpaired) electrons. The molecule has 0 bridgehead atoms. The molecule has 1 fully saturated rings. The minimum Gasteiger partial charge on any atom is -0.468 e. The van der Waals surface area contributed by atoms with Gasteiger partial charge in [-0.05, 0) is 43.8 Å². The molecule has 3 nitrogen and oxygen atoms in total. The molecular formula is C16H28N2O. The molecule has 3 heteroatoms. The minimum absolute atomic E-state index is 0.461. The Morgan fingerprint density at radius 3 is 3.00 bits per heavy atom. The molecule has 1 N–H and O–H groups in total. The van der Waals surface area contributed by atoms with Gasteiger partial charge in [0.25, 0.3) is 0 Å². The van der Waals surface area contributed by atoms with Gasteiger partial charge in [-0.25, -0.2) is 0 Å². The van der Waals surface area contributed by atoms with Crippen LogP contribution in [0.3, 0.4) is 0 Å². The molecule has 1 saturated heterocycles. The Morgan fingerprint density at radius 1 is 1.42 bits per heavy atom. The number of rotatable bonds is 6. The molecule has 0 atom stereocenters. The van der Waals surface area contributed by atoms with Crippen LogP contribution in [-0.4, -0.2) is 24.5 Å². The fourth-order valence-electron chi connectivity index (χ4n) is 2.96. The first-order valence-corrected chi connectivity index (χ1v) is 7.59. The number of likely N-dealkylation sites (tertiary alicyclic amines) is 1. The van der Waals surface area contributed by atoms with E-state index in [2.05, 4.69) is 37.1 Å². The van der Waals surface area contributed by atoms with Gasteiger partial charge in [0.2, 0.25) is 0 Å². The first-order valence-electron chi connectivity index (χ1n) is 7.59. The molecule has 0 amide bonds. The van der Waals surface area contributed by atoms with Crippen molar-refractivity contribution in [2.45, 2.75) is 53.1 Å². The highest BCUT2D eigenvalue weighted by molar-refractivity contribution is 5.17. The number of piperidine rings is 1. The average molecular weight is 264 g/mol. The van der Waals surface area contributed by atoms with Crippen molar-refractivity contribution in [2.75, 3.05) is 19.6 Å². The third kappa shape index (κ3) is 4.36. The molecule has 0 unspecified atom stereocenters. The van der Waals surface area contributed by atoms with Crippen LogP contribution in [0, 0.1) is 5.41 Å². The number of nitrogens with zero attached hydrogens (tertiary/aromatic N) is 1. The molecule has 2 rings (SSSR count). The minimum atomic E-state index is 0.461. The zero-order valence-corrected chi connectivity index (χ0v) is 12.7. The van der Waals surface area contributed by atoms with Crippen LogP contribution in [-0.2, 0) is 13.1 Å². The van der Waals surface area contributed by atoms with Crippen LogP contribution < -0.4 is 5.32 Å². The van der Waals surface area contributed by atoms with Gasteiger partial charge in [0.1, 0.15) is 5.76 Å². The molecule has 1 aromatic rings. The Morgan fingerprint density at radius 2 is 2.26 bits per heavy atom. The predicted molar refractivity (Wildman–Crippen MR) is 79.0 cm³/mol. The second kappa shape index (κ2) is 6.58. The van der Waals surface area contributed by atoms with Gasteiger partial charge in [-0.2, -0.15) is 0 Å². The zero-order valence-electron chi connectivity index (χ0n) is 12.7. The highest BCUT2D eigenvalue weighted by Gasteiger charge is 2.26. The Balaban J connectivity index is 1.90. The maximum absolute atomic E-state index is 5.62. The maximum atomic E-state index is 5.62. The molecule has 1 aliphatic rings. The standard InChI is InChI=1S/C16H28N2O/c1-4-8-17-11-15-14(6-10-19-15)12-18-9-5-7-16(2,3)13-18/h6,10,17H,4-5,7-9,11-13H2,1-3H3. The normalized spacial score (nSPS) is 19.7. The second-order valence-corrected chi connectivity index (χ2v) is 6.52. The van der Waals surface area contributed by atoms with Crippen LogP contribution in [0.2, 0.25) is 0 Å². The summed E-state index contributed by atoms with van der Waals surface area (Å²) in [6.45, 7) is 12.3. The van der Waals surface area contributed by atoms with Crippen molar-refractivity contribution in [2.24, 2.45) is 5.41 Å². The van der Waals surface area contributed by atoms with Crippen LogP contribution in [0.1, 0.15) is 51.4 Å². The summed E-state index contributed by atoms with van der Waals surface area (Å²) in [7, 11) is 0. The summed E-state index contributed by atoms with van der Waals surface area (Å²) < 4.78 is 5.62. The van der Waals surface area contributed by atoms with Gasteiger partial charge in [0.05, 0.1) is 12.8 Å². The van der Waals surface area contributed by atoms with Gasteiger partial charge in [-0.1, -0.05) is 20.8 Å². The lowest BCUT2D eigenvalue weighted by atomic mass is 9.84. The number of furan rings is 1. The van der Waals surface area contributed by atoms with Crippen LogP contribution >= 0.6 is 0 Å². The van der Waals surface area contributed by atoms with Crippen LogP contribution in [0.5, 0.6) is 0 Å². The lowest BCUT2D eigenvalue weighted by molar-refractivity contribution is 0.111. The van der Waals surface area contributed by atoms with Gasteiger partial charge in [-0.15, -0.1) is 0 Å². The van der Waals surface area contributed by atoms with E-state index in [1.165, 1.54) is 31.5 Å². The number of hydrogen-bond acceptors (Lipinski definition) is 3. The molecule has 0 aromatic carbocycles. The van der Waals surface area contributed by atoms with E-state index in [1.54, 1.807) is 0 Å². The third-order valence-corrected chi connectivity index (χ3v) is 3.92. The smallest absolute Gasteiger partial charge is 0.122 e. The molecule has 1 aliphatic heterocycles. The van der Waals surface area contributed by atoms with Gasteiger partial charge in [-0.3, -0.25) is 4.90 Å². The molecule has 0 saturated carbocycles. The molecule has 2 heterocycles. The van der Waals surface area contributed by atoms with Crippen molar-refractivity contribution in [3.63, 3.8) is 0 Å².